The predicted octanol–water partition coefficient (Wildman–Crippen LogP) is 3.20. The second-order valence-corrected chi connectivity index (χ2v) is 5.48. The number of rotatable bonds is 9. The number of nitrogens with zero attached hydrogens (tertiary/aromatic N) is 1. The Labute approximate surface area is 141 Å². The Hall–Kier alpha value is -2.50. The van der Waals surface area contributed by atoms with E-state index in [1.165, 1.54) is 7.11 Å². The smallest absolute Gasteiger partial charge is 0.325 e. The summed E-state index contributed by atoms with van der Waals surface area (Å²) < 4.78 is 17.5. The lowest BCUT2D eigenvalue weighted by molar-refractivity contribution is -0.144. The van der Waals surface area contributed by atoms with Crippen LogP contribution in [0.1, 0.15) is 36.5 Å². The van der Waals surface area contributed by atoms with Crippen molar-refractivity contribution in [2.24, 2.45) is 0 Å². The number of hydrogen-bond donors (Lipinski definition) is 0. The van der Waals surface area contributed by atoms with Crippen molar-refractivity contribution < 1.29 is 23.8 Å². The topological polar surface area (TPSA) is 66.8 Å². The van der Waals surface area contributed by atoms with Crippen LogP contribution in [0.5, 0.6) is 11.5 Å². The fourth-order valence-electron chi connectivity index (χ4n) is 2.62. The minimum atomic E-state index is -0.331. The molecule has 6 heteroatoms. The maximum atomic E-state index is 12.0. The Morgan fingerprint density at radius 2 is 2.00 bits per heavy atom. The van der Waals surface area contributed by atoms with Gasteiger partial charge in [0.15, 0.2) is 6.29 Å². The molecule has 2 aromatic rings. The Morgan fingerprint density at radius 1 is 1.21 bits per heavy atom. The first kappa shape index (κ1) is 17.8. The second-order valence-electron chi connectivity index (χ2n) is 5.48. The lowest BCUT2D eigenvalue weighted by atomic mass is 10.1. The van der Waals surface area contributed by atoms with E-state index in [9.17, 15) is 9.59 Å². The van der Waals surface area contributed by atoms with E-state index in [0.29, 0.717) is 34.6 Å². The lowest BCUT2D eigenvalue weighted by Crippen LogP contribution is -2.13. The van der Waals surface area contributed by atoms with Crippen LogP contribution in [0.3, 0.4) is 0 Å². The van der Waals surface area contributed by atoms with E-state index < -0.39 is 0 Å². The Morgan fingerprint density at radius 3 is 2.62 bits per heavy atom. The number of fused-ring (bicyclic) bond motifs is 1. The molecule has 0 amide bonds. The Bertz CT molecular complexity index is 720. The predicted molar refractivity (Wildman–Crippen MR) is 90.9 cm³/mol. The van der Waals surface area contributed by atoms with Crippen molar-refractivity contribution in [2.75, 3.05) is 20.8 Å². The summed E-state index contributed by atoms with van der Waals surface area (Å²) in [6, 6.07) is 3.48. The number of esters is 1. The molecule has 130 valence electrons. The van der Waals surface area contributed by atoms with Gasteiger partial charge in [-0.15, -0.1) is 0 Å². The van der Waals surface area contributed by atoms with Gasteiger partial charge < -0.3 is 18.8 Å². The van der Waals surface area contributed by atoms with Crippen LogP contribution in [0.15, 0.2) is 18.3 Å². The maximum absolute atomic E-state index is 12.0. The molecule has 0 aliphatic carbocycles. The van der Waals surface area contributed by atoms with Crippen molar-refractivity contribution in [3.8, 4) is 11.5 Å². The molecule has 0 aliphatic heterocycles. The molecule has 6 nitrogen and oxygen atoms in total. The fourth-order valence-corrected chi connectivity index (χ4v) is 2.62. The van der Waals surface area contributed by atoms with Crippen LogP contribution in [-0.2, 0) is 16.1 Å². The third kappa shape index (κ3) is 3.88. The number of aromatic nitrogens is 1. The van der Waals surface area contributed by atoms with Gasteiger partial charge in [0.1, 0.15) is 18.0 Å². The van der Waals surface area contributed by atoms with Gasteiger partial charge in [-0.3, -0.25) is 9.59 Å². The zero-order chi connectivity index (χ0) is 17.5. The first-order valence-corrected chi connectivity index (χ1v) is 8.00. The molecule has 24 heavy (non-hydrogen) atoms. The van der Waals surface area contributed by atoms with Crippen LogP contribution < -0.4 is 9.47 Å². The van der Waals surface area contributed by atoms with Gasteiger partial charge in [-0.25, -0.2) is 0 Å². The standard InChI is InChI=1S/C18H23NO5/c1-4-5-6-7-24-17(21)11-19-10-13(12-20)18-15(19)8-14(22-2)9-16(18)23-3/h8-10,12H,4-7,11H2,1-3H3. The van der Waals surface area contributed by atoms with E-state index >= 15 is 0 Å². The quantitative estimate of drug-likeness (QED) is 0.400. The molecule has 0 fully saturated rings. The Balaban J connectivity index is 2.29. The minimum Gasteiger partial charge on any atom is -0.497 e. The number of aldehydes is 1. The fraction of sp³-hybridized carbons (Fsp3) is 0.444. The molecule has 1 aromatic heterocycles. The largest absolute Gasteiger partial charge is 0.497 e. The van der Waals surface area contributed by atoms with Gasteiger partial charge in [-0.2, -0.15) is 0 Å². The lowest BCUT2D eigenvalue weighted by Gasteiger charge is -2.09. The molecule has 0 bridgehead atoms. The van der Waals surface area contributed by atoms with E-state index in [4.69, 9.17) is 14.2 Å². The second kappa shape index (κ2) is 8.38. The number of hydrogen-bond acceptors (Lipinski definition) is 5. The van der Waals surface area contributed by atoms with Crippen LogP contribution in [0, 0.1) is 0 Å². The van der Waals surface area contributed by atoms with Crippen LogP contribution in [0.2, 0.25) is 0 Å². The summed E-state index contributed by atoms with van der Waals surface area (Å²) in [7, 11) is 3.08. The van der Waals surface area contributed by atoms with E-state index in [1.54, 1.807) is 30.0 Å². The van der Waals surface area contributed by atoms with Crippen molar-refractivity contribution in [2.45, 2.75) is 32.7 Å². The molecular formula is C18H23NO5. The van der Waals surface area contributed by atoms with Crippen molar-refractivity contribution in [3.63, 3.8) is 0 Å². The van der Waals surface area contributed by atoms with E-state index in [0.717, 1.165) is 25.5 Å². The molecule has 0 N–H and O–H groups in total. The normalized spacial score (nSPS) is 10.6. The first-order valence-electron chi connectivity index (χ1n) is 8.00. The number of ether oxygens (including phenoxy) is 3. The van der Waals surface area contributed by atoms with E-state index in [-0.39, 0.29) is 12.5 Å². The molecule has 0 radical (unpaired) electrons. The zero-order valence-electron chi connectivity index (χ0n) is 14.3. The molecule has 0 saturated heterocycles. The van der Waals surface area contributed by atoms with Crippen LogP contribution in [0.4, 0.5) is 0 Å². The summed E-state index contributed by atoms with van der Waals surface area (Å²) in [5, 5.41) is 0.659. The highest BCUT2D eigenvalue weighted by molar-refractivity contribution is 6.02. The van der Waals surface area contributed by atoms with Gasteiger partial charge in [0.05, 0.1) is 31.7 Å². The molecule has 1 heterocycles. The maximum Gasteiger partial charge on any atom is 0.325 e. The highest BCUT2D eigenvalue weighted by atomic mass is 16.5. The number of benzene rings is 1. The van der Waals surface area contributed by atoms with Gasteiger partial charge in [0.2, 0.25) is 0 Å². The minimum absolute atomic E-state index is 0.0345. The van der Waals surface area contributed by atoms with Crippen LogP contribution >= 0.6 is 0 Å². The average molecular weight is 333 g/mol. The number of carbonyl (C=O) groups is 2. The highest BCUT2D eigenvalue weighted by Crippen LogP contribution is 2.34. The summed E-state index contributed by atoms with van der Waals surface area (Å²) in [5.41, 5.74) is 1.15. The van der Waals surface area contributed by atoms with Crippen molar-refractivity contribution >= 4 is 23.2 Å². The van der Waals surface area contributed by atoms with E-state index in [2.05, 4.69) is 6.92 Å². The van der Waals surface area contributed by atoms with Crippen LogP contribution in [-0.4, -0.2) is 37.6 Å². The molecular weight excluding hydrogens is 310 g/mol. The number of carbonyl (C=O) groups excluding carboxylic acids is 2. The van der Waals surface area contributed by atoms with Crippen LogP contribution in [0.25, 0.3) is 10.9 Å². The molecule has 0 spiro atoms. The van der Waals surface area contributed by atoms with Gasteiger partial charge in [0, 0.05) is 23.9 Å². The van der Waals surface area contributed by atoms with Gasteiger partial charge in [0.25, 0.3) is 0 Å². The number of unbranched alkanes of at least 4 members (excludes halogenated alkanes) is 2. The van der Waals surface area contributed by atoms with Gasteiger partial charge >= 0.3 is 5.97 Å². The van der Waals surface area contributed by atoms with Crippen molar-refractivity contribution in [1.82, 2.24) is 4.57 Å². The van der Waals surface area contributed by atoms with E-state index in [1.807, 2.05) is 0 Å². The summed E-state index contributed by atoms with van der Waals surface area (Å²) in [5.74, 6) is 0.788. The molecule has 0 aliphatic rings. The zero-order valence-corrected chi connectivity index (χ0v) is 14.3. The summed E-state index contributed by atoms with van der Waals surface area (Å²) in [6.07, 6.45) is 5.34. The summed E-state index contributed by atoms with van der Waals surface area (Å²) in [4.78, 5) is 23.4. The Kier molecular flexibility index (Phi) is 6.23. The average Bonchev–Trinajstić information content (AvgIpc) is 2.95. The summed E-state index contributed by atoms with van der Waals surface area (Å²) in [6.45, 7) is 2.54. The summed E-state index contributed by atoms with van der Waals surface area (Å²) >= 11 is 0. The third-order valence-corrected chi connectivity index (χ3v) is 3.84. The van der Waals surface area contributed by atoms with Crippen molar-refractivity contribution in [3.05, 3.63) is 23.9 Å². The molecule has 1 aromatic carbocycles. The molecule has 0 unspecified atom stereocenters. The monoisotopic (exact) mass is 333 g/mol. The van der Waals surface area contributed by atoms with Gasteiger partial charge in [-0.1, -0.05) is 19.8 Å². The van der Waals surface area contributed by atoms with Gasteiger partial charge in [-0.05, 0) is 6.42 Å². The first-order chi connectivity index (χ1) is 11.6. The van der Waals surface area contributed by atoms with Crippen molar-refractivity contribution in [1.29, 1.82) is 0 Å². The SMILES string of the molecule is CCCCCOC(=O)Cn1cc(C=O)c2c(OC)cc(OC)cc21. The number of methoxy groups -OCH3 is 2. The molecule has 0 saturated carbocycles. The molecule has 0 atom stereocenters. The molecule has 2 rings (SSSR count). The highest BCUT2D eigenvalue weighted by Gasteiger charge is 2.17. The third-order valence-electron chi connectivity index (χ3n) is 3.84.